The molecule has 6 rings (SSSR count). The Labute approximate surface area is 196 Å². The first kappa shape index (κ1) is 20.5. The number of piperidine rings is 1. The van der Waals surface area contributed by atoms with Crippen LogP contribution in [0.4, 0.5) is 5.69 Å². The summed E-state index contributed by atoms with van der Waals surface area (Å²) >= 11 is 0. The second-order valence-electron chi connectivity index (χ2n) is 8.69. The van der Waals surface area contributed by atoms with E-state index in [0.29, 0.717) is 0 Å². The van der Waals surface area contributed by atoms with E-state index in [1.54, 1.807) is 12.1 Å². The van der Waals surface area contributed by atoms with Gasteiger partial charge < -0.3 is 9.88 Å². The van der Waals surface area contributed by atoms with Gasteiger partial charge in [-0.15, -0.1) is 0 Å². The molecule has 0 aliphatic carbocycles. The minimum atomic E-state index is -0.361. The van der Waals surface area contributed by atoms with Crippen LogP contribution in [0.2, 0.25) is 0 Å². The molecule has 168 valence electrons. The molecule has 1 N–H and O–H groups in total. The number of pyridine rings is 1. The fourth-order valence-electron chi connectivity index (χ4n) is 4.95. The molecule has 5 aromatic rings. The monoisotopic (exact) mass is 449 g/mol. The molecule has 7 heteroatoms. The van der Waals surface area contributed by atoms with E-state index < -0.39 is 0 Å². The van der Waals surface area contributed by atoms with Crippen LogP contribution in [0.1, 0.15) is 18.9 Å². The summed E-state index contributed by atoms with van der Waals surface area (Å²) in [4.78, 5) is 20.9. The van der Waals surface area contributed by atoms with Crippen LogP contribution in [0.5, 0.6) is 0 Å². The van der Waals surface area contributed by atoms with E-state index in [2.05, 4.69) is 40.2 Å². The minimum absolute atomic E-state index is 0.0594. The molecule has 7 nitrogen and oxygen atoms in total. The van der Waals surface area contributed by atoms with E-state index in [1.165, 1.54) is 16.8 Å². The van der Waals surface area contributed by atoms with Crippen LogP contribution < -0.4 is 5.32 Å². The van der Waals surface area contributed by atoms with Gasteiger partial charge in [0.05, 0.1) is 4.92 Å². The van der Waals surface area contributed by atoms with E-state index in [-0.39, 0.29) is 16.7 Å². The standard InChI is InChI=1S/C27H23N5O2/c33-32(34)23-7-3-6-21(17-23)26-30-25-24(20-9-8-18-4-1-2-5-19(18)16-20)12-15-29-27(25)31(26)22-10-13-28-14-11-22/h1-9,12,15-17,22,28H,10-11,13-14H2. The van der Waals surface area contributed by atoms with Gasteiger partial charge in [0.2, 0.25) is 0 Å². The number of hydrogen-bond donors (Lipinski definition) is 1. The number of fused-ring (bicyclic) bond motifs is 2. The number of rotatable bonds is 4. The van der Waals surface area contributed by atoms with Crippen LogP contribution in [0, 0.1) is 10.1 Å². The number of non-ortho nitro benzene ring substituents is 1. The van der Waals surface area contributed by atoms with Crippen LogP contribution in [0.15, 0.2) is 79.0 Å². The zero-order chi connectivity index (χ0) is 23.1. The van der Waals surface area contributed by atoms with Gasteiger partial charge >= 0.3 is 0 Å². The van der Waals surface area contributed by atoms with Crippen molar-refractivity contribution >= 4 is 27.6 Å². The molecule has 3 aromatic carbocycles. The highest BCUT2D eigenvalue weighted by Crippen LogP contribution is 2.36. The molecule has 0 unspecified atom stereocenters. The fraction of sp³-hybridized carbons (Fsp3) is 0.185. The Balaban J connectivity index is 1.59. The van der Waals surface area contributed by atoms with Crippen LogP contribution >= 0.6 is 0 Å². The summed E-state index contributed by atoms with van der Waals surface area (Å²) in [5.41, 5.74) is 4.51. The van der Waals surface area contributed by atoms with Crippen LogP contribution in [-0.2, 0) is 0 Å². The Kier molecular flexibility index (Phi) is 5.04. The highest BCUT2D eigenvalue weighted by atomic mass is 16.6. The lowest BCUT2D eigenvalue weighted by Crippen LogP contribution is -2.29. The van der Waals surface area contributed by atoms with E-state index in [0.717, 1.165) is 59.6 Å². The van der Waals surface area contributed by atoms with Crippen molar-refractivity contribution in [1.29, 1.82) is 0 Å². The third-order valence-corrected chi connectivity index (χ3v) is 6.63. The molecular formula is C27H23N5O2. The zero-order valence-corrected chi connectivity index (χ0v) is 18.5. The maximum Gasteiger partial charge on any atom is 0.270 e. The third-order valence-electron chi connectivity index (χ3n) is 6.63. The second kappa shape index (κ2) is 8.35. The predicted octanol–water partition coefficient (Wildman–Crippen LogP) is 5.75. The maximum absolute atomic E-state index is 11.4. The molecule has 0 spiro atoms. The van der Waals surface area contributed by atoms with Gasteiger partial charge in [0.15, 0.2) is 5.65 Å². The van der Waals surface area contributed by atoms with Crippen molar-refractivity contribution in [3.8, 4) is 22.5 Å². The number of nitrogens with one attached hydrogen (secondary N) is 1. The van der Waals surface area contributed by atoms with Crippen molar-refractivity contribution in [3.05, 3.63) is 89.1 Å². The number of nitro benzene ring substituents is 1. The molecule has 0 amide bonds. The molecule has 1 aliphatic heterocycles. The van der Waals surface area contributed by atoms with Gasteiger partial charge in [-0.25, -0.2) is 9.97 Å². The summed E-state index contributed by atoms with van der Waals surface area (Å²) in [7, 11) is 0. The molecule has 1 aliphatic rings. The normalized spacial score (nSPS) is 14.6. The first-order valence-corrected chi connectivity index (χ1v) is 11.5. The Morgan fingerprint density at radius 2 is 1.74 bits per heavy atom. The number of nitrogens with zero attached hydrogens (tertiary/aromatic N) is 4. The van der Waals surface area contributed by atoms with Crippen molar-refractivity contribution in [1.82, 2.24) is 19.9 Å². The lowest BCUT2D eigenvalue weighted by molar-refractivity contribution is -0.384. The summed E-state index contributed by atoms with van der Waals surface area (Å²) in [6.07, 6.45) is 3.74. The number of benzene rings is 3. The molecular weight excluding hydrogens is 426 g/mol. The van der Waals surface area contributed by atoms with Crippen LogP contribution in [-0.4, -0.2) is 32.5 Å². The summed E-state index contributed by atoms with van der Waals surface area (Å²) in [5.74, 6) is 0.728. The summed E-state index contributed by atoms with van der Waals surface area (Å²) in [6.45, 7) is 1.84. The van der Waals surface area contributed by atoms with Crippen molar-refractivity contribution < 1.29 is 4.92 Å². The summed E-state index contributed by atoms with van der Waals surface area (Å²) < 4.78 is 2.19. The molecule has 0 saturated carbocycles. The van der Waals surface area contributed by atoms with Gasteiger partial charge in [0.25, 0.3) is 5.69 Å². The van der Waals surface area contributed by atoms with Gasteiger partial charge in [-0.05, 0) is 54.4 Å². The summed E-state index contributed by atoms with van der Waals surface area (Å²) in [6, 6.07) is 23.7. The Bertz CT molecular complexity index is 1540. The Morgan fingerprint density at radius 3 is 2.56 bits per heavy atom. The van der Waals surface area contributed by atoms with Crippen molar-refractivity contribution in [2.75, 3.05) is 13.1 Å². The number of nitro groups is 1. The third kappa shape index (κ3) is 3.50. The topological polar surface area (TPSA) is 85.9 Å². The smallest absolute Gasteiger partial charge is 0.270 e. The number of imidazole rings is 1. The summed E-state index contributed by atoms with van der Waals surface area (Å²) in [5, 5.41) is 17.2. The Morgan fingerprint density at radius 1 is 0.912 bits per heavy atom. The average molecular weight is 450 g/mol. The van der Waals surface area contributed by atoms with E-state index in [9.17, 15) is 10.1 Å². The van der Waals surface area contributed by atoms with Gasteiger partial charge in [0.1, 0.15) is 11.3 Å². The minimum Gasteiger partial charge on any atom is -0.317 e. The molecule has 0 atom stereocenters. The van der Waals surface area contributed by atoms with Crippen LogP contribution in [0.3, 0.4) is 0 Å². The SMILES string of the molecule is O=[N+]([O-])c1cccc(-c2nc3c(-c4ccc5ccccc5c4)ccnc3n2C2CCNCC2)c1. The highest BCUT2D eigenvalue weighted by Gasteiger charge is 2.25. The molecule has 0 radical (unpaired) electrons. The van der Waals surface area contributed by atoms with E-state index in [4.69, 9.17) is 9.97 Å². The largest absolute Gasteiger partial charge is 0.317 e. The van der Waals surface area contributed by atoms with Gasteiger partial charge in [-0.3, -0.25) is 10.1 Å². The molecule has 2 aromatic heterocycles. The van der Waals surface area contributed by atoms with Gasteiger partial charge in [-0.1, -0.05) is 48.5 Å². The second-order valence-corrected chi connectivity index (χ2v) is 8.69. The van der Waals surface area contributed by atoms with Crippen molar-refractivity contribution in [3.63, 3.8) is 0 Å². The number of hydrogen-bond acceptors (Lipinski definition) is 5. The highest BCUT2D eigenvalue weighted by molar-refractivity contribution is 5.95. The van der Waals surface area contributed by atoms with Crippen LogP contribution in [0.25, 0.3) is 44.5 Å². The fourth-order valence-corrected chi connectivity index (χ4v) is 4.95. The Hall–Kier alpha value is -4.10. The first-order valence-electron chi connectivity index (χ1n) is 11.5. The first-order chi connectivity index (χ1) is 16.7. The van der Waals surface area contributed by atoms with Crippen molar-refractivity contribution in [2.45, 2.75) is 18.9 Å². The van der Waals surface area contributed by atoms with Gasteiger partial charge in [-0.2, -0.15) is 0 Å². The maximum atomic E-state index is 11.4. The molecule has 0 bridgehead atoms. The molecule has 3 heterocycles. The zero-order valence-electron chi connectivity index (χ0n) is 18.5. The van der Waals surface area contributed by atoms with E-state index in [1.807, 2.05) is 30.5 Å². The molecule has 1 saturated heterocycles. The predicted molar refractivity (Wildman–Crippen MR) is 134 cm³/mol. The van der Waals surface area contributed by atoms with Gasteiger partial charge in [0, 0.05) is 35.5 Å². The molecule has 34 heavy (non-hydrogen) atoms. The lowest BCUT2D eigenvalue weighted by Gasteiger charge is -2.26. The lowest BCUT2D eigenvalue weighted by atomic mass is 10.0. The van der Waals surface area contributed by atoms with Crippen molar-refractivity contribution in [2.24, 2.45) is 0 Å². The average Bonchev–Trinajstić information content (AvgIpc) is 3.29. The molecule has 1 fully saturated rings. The number of aromatic nitrogens is 3. The quantitative estimate of drug-likeness (QED) is 0.279. The van der Waals surface area contributed by atoms with E-state index >= 15 is 0 Å².